The fourth-order valence-electron chi connectivity index (χ4n) is 3.04. The monoisotopic (exact) mass is 565 g/mol. The lowest BCUT2D eigenvalue weighted by Crippen LogP contribution is -2.23. The van der Waals surface area contributed by atoms with Crippen molar-refractivity contribution in [1.82, 2.24) is 4.90 Å². The van der Waals surface area contributed by atoms with E-state index in [-0.39, 0.29) is 12.5 Å². The third kappa shape index (κ3) is 5.63. The Labute approximate surface area is 205 Å². The van der Waals surface area contributed by atoms with Gasteiger partial charge in [0.15, 0.2) is 23.3 Å². The number of likely N-dealkylation sites (N-methyl/N-ethyl adjacent to an activating group) is 1. The van der Waals surface area contributed by atoms with Crippen molar-refractivity contribution in [2.75, 3.05) is 20.3 Å². The Morgan fingerprint density at radius 3 is 2.69 bits per heavy atom. The summed E-state index contributed by atoms with van der Waals surface area (Å²) in [7, 11) is 1.72. The zero-order chi connectivity index (χ0) is 23.3. The highest BCUT2D eigenvalue weighted by Crippen LogP contribution is 2.38. The SMILES string of the molecule is CCOc1cc(/C=C2/SC(=Nc3ccccc3CC)N(C)C2=O)cc(I)c1OCC(N)=O. The van der Waals surface area contributed by atoms with Crippen molar-refractivity contribution in [2.24, 2.45) is 10.7 Å². The van der Waals surface area contributed by atoms with E-state index >= 15 is 0 Å². The van der Waals surface area contributed by atoms with Crippen LogP contribution in [0, 0.1) is 3.57 Å². The van der Waals surface area contributed by atoms with Crippen molar-refractivity contribution in [2.45, 2.75) is 20.3 Å². The molecule has 32 heavy (non-hydrogen) atoms. The number of halogens is 1. The summed E-state index contributed by atoms with van der Waals surface area (Å²) in [4.78, 5) is 30.8. The number of amides is 2. The quantitative estimate of drug-likeness (QED) is 0.380. The summed E-state index contributed by atoms with van der Waals surface area (Å²) in [6, 6.07) is 11.6. The molecule has 1 heterocycles. The largest absolute Gasteiger partial charge is 0.490 e. The van der Waals surface area contributed by atoms with Crippen LogP contribution in [0.2, 0.25) is 0 Å². The van der Waals surface area contributed by atoms with E-state index in [0.717, 1.165) is 26.8 Å². The van der Waals surface area contributed by atoms with Gasteiger partial charge in [-0.25, -0.2) is 4.99 Å². The Kier molecular flexibility index (Phi) is 8.19. The van der Waals surface area contributed by atoms with Gasteiger partial charge in [0.05, 0.1) is 20.8 Å². The number of aryl methyl sites for hydroxylation is 1. The summed E-state index contributed by atoms with van der Waals surface area (Å²) in [5.41, 5.74) is 7.97. The van der Waals surface area contributed by atoms with E-state index in [0.29, 0.717) is 28.2 Å². The minimum Gasteiger partial charge on any atom is -0.490 e. The maximum Gasteiger partial charge on any atom is 0.266 e. The highest BCUT2D eigenvalue weighted by Gasteiger charge is 2.30. The lowest BCUT2D eigenvalue weighted by Gasteiger charge is -2.14. The minimum absolute atomic E-state index is 0.121. The van der Waals surface area contributed by atoms with Crippen LogP contribution in [0.4, 0.5) is 5.69 Å². The zero-order valence-electron chi connectivity index (χ0n) is 18.1. The second-order valence-corrected chi connectivity index (χ2v) is 9.04. The van der Waals surface area contributed by atoms with Crippen LogP contribution >= 0.6 is 34.4 Å². The van der Waals surface area contributed by atoms with Crippen LogP contribution in [0.1, 0.15) is 25.0 Å². The van der Waals surface area contributed by atoms with E-state index in [1.54, 1.807) is 24.1 Å². The van der Waals surface area contributed by atoms with E-state index in [1.807, 2.05) is 37.3 Å². The number of nitrogens with two attached hydrogens (primary N) is 1. The van der Waals surface area contributed by atoms with Gasteiger partial charge in [-0.2, -0.15) is 0 Å². The maximum atomic E-state index is 12.9. The van der Waals surface area contributed by atoms with Crippen LogP contribution in [0.3, 0.4) is 0 Å². The fourth-order valence-corrected chi connectivity index (χ4v) is 4.80. The fraction of sp³-hybridized carbons (Fsp3) is 0.261. The van der Waals surface area contributed by atoms with Crippen LogP contribution in [0.25, 0.3) is 6.08 Å². The Balaban J connectivity index is 1.93. The number of amidine groups is 1. The first-order chi connectivity index (χ1) is 15.3. The van der Waals surface area contributed by atoms with Gasteiger partial charge in [-0.1, -0.05) is 25.1 Å². The predicted octanol–water partition coefficient (Wildman–Crippen LogP) is 4.35. The zero-order valence-corrected chi connectivity index (χ0v) is 21.0. The minimum atomic E-state index is -0.568. The summed E-state index contributed by atoms with van der Waals surface area (Å²) in [6.07, 6.45) is 2.67. The lowest BCUT2D eigenvalue weighted by molar-refractivity contribution is -0.121. The molecular weight excluding hydrogens is 541 g/mol. The molecule has 3 rings (SSSR count). The number of benzene rings is 2. The van der Waals surface area contributed by atoms with Gasteiger partial charge in [0, 0.05) is 7.05 Å². The van der Waals surface area contributed by atoms with E-state index in [2.05, 4.69) is 29.5 Å². The average Bonchev–Trinajstić information content (AvgIpc) is 3.01. The molecule has 1 aliphatic heterocycles. The first-order valence-corrected chi connectivity index (χ1v) is 11.9. The van der Waals surface area contributed by atoms with Gasteiger partial charge in [0.25, 0.3) is 11.8 Å². The van der Waals surface area contributed by atoms with E-state index < -0.39 is 5.91 Å². The van der Waals surface area contributed by atoms with Crippen molar-refractivity contribution in [3.63, 3.8) is 0 Å². The molecule has 2 aromatic carbocycles. The molecule has 1 fully saturated rings. The molecule has 0 spiro atoms. The third-order valence-electron chi connectivity index (χ3n) is 4.58. The number of aliphatic imine (C=N–C) groups is 1. The Bertz CT molecular complexity index is 1100. The molecule has 0 aromatic heterocycles. The molecule has 0 bridgehead atoms. The van der Waals surface area contributed by atoms with Crippen molar-refractivity contribution < 1.29 is 19.1 Å². The summed E-state index contributed by atoms with van der Waals surface area (Å²) in [5.74, 6) is 0.253. The van der Waals surface area contributed by atoms with Crippen molar-refractivity contribution in [3.05, 3.63) is 56.0 Å². The van der Waals surface area contributed by atoms with Gasteiger partial charge in [-0.3, -0.25) is 14.5 Å². The number of hydrogen-bond acceptors (Lipinski definition) is 6. The number of thioether (sulfide) groups is 1. The normalized spacial score (nSPS) is 16.1. The molecule has 9 heteroatoms. The molecule has 0 radical (unpaired) electrons. The number of primary amides is 1. The summed E-state index contributed by atoms with van der Waals surface area (Å²) < 4.78 is 12.0. The summed E-state index contributed by atoms with van der Waals surface area (Å²) in [5, 5.41) is 0.628. The number of para-hydroxylation sites is 1. The number of hydrogen-bond donors (Lipinski definition) is 1. The van der Waals surface area contributed by atoms with Crippen LogP contribution in [0.15, 0.2) is 46.3 Å². The molecule has 0 aliphatic carbocycles. The van der Waals surface area contributed by atoms with Crippen LogP contribution in [-0.4, -0.2) is 42.1 Å². The molecular formula is C23H24IN3O4S. The smallest absolute Gasteiger partial charge is 0.266 e. The van der Waals surface area contributed by atoms with Crippen LogP contribution < -0.4 is 15.2 Å². The Morgan fingerprint density at radius 2 is 2.00 bits per heavy atom. The van der Waals surface area contributed by atoms with Gasteiger partial charge in [-0.05, 0) is 83.1 Å². The Morgan fingerprint density at radius 1 is 1.25 bits per heavy atom. The molecule has 168 valence electrons. The van der Waals surface area contributed by atoms with Crippen molar-refractivity contribution in [3.8, 4) is 11.5 Å². The molecule has 0 unspecified atom stereocenters. The number of ether oxygens (including phenoxy) is 2. The van der Waals surface area contributed by atoms with Gasteiger partial charge >= 0.3 is 0 Å². The second kappa shape index (κ2) is 10.9. The van der Waals surface area contributed by atoms with Crippen LogP contribution in [0.5, 0.6) is 11.5 Å². The van der Waals surface area contributed by atoms with E-state index in [4.69, 9.17) is 20.2 Å². The average molecular weight is 565 g/mol. The standard InChI is InChI=1S/C23H24IN3O4S/c1-4-15-8-6-7-9-17(15)26-23-27(3)22(29)19(32-23)12-14-10-16(24)21(31-13-20(25)28)18(11-14)30-5-2/h6-12H,4-5,13H2,1-3H3,(H2,25,28)/b19-12+,26-23?. The summed E-state index contributed by atoms with van der Waals surface area (Å²) >= 11 is 3.44. The van der Waals surface area contributed by atoms with E-state index in [1.165, 1.54) is 11.8 Å². The van der Waals surface area contributed by atoms with Gasteiger partial charge in [-0.15, -0.1) is 0 Å². The van der Waals surface area contributed by atoms with Crippen LogP contribution in [-0.2, 0) is 16.0 Å². The maximum absolute atomic E-state index is 12.9. The Hall–Kier alpha value is -2.53. The number of carbonyl (C=O) groups excluding carboxylic acids is 2. The highest BCUT2D eigenvalue weighted by atomic mass is 127. The molecule has 0 saturated carbocycles. The molecule has 7 nitrogen and oxygen atoms in total. The molecule has 2 aromatic rings. The molecule has 2 amide bonds. The number of nitrogens with zero attached hydrogens (tertiary/aromatic N) is 2. The first-order valence-electron chi connectivity index (χ1n) is 10.1. The van der Waals surface area contributed by atoms with Gasteiger partial charge < -0.3 is 15.2 Å². The molecule has 1 saturated heterocycles. The molecule has 1 aliphatic rings. The van der Waals surface area contributed by atoms with Crippen molar-refractivity contribution >= 4 is 63.1 Å². The van der Waals surface area contributed by atoms with E-state index in [9.17, 15) is 9.59 Å². The first kappa shape index (κ1) is 24.1. The third-order valence-corrected chi connectivity index (χ3v) is 6.44. The van der Waals surface area contributed by atoms with Crippen molar-refractivity contribution in [1.29, 1.82) is 0 Å². The molecule has 0 atom stereocenters. The topological polar surface area (TPSA) is 94.2 Å². The second-order valence-electron chi connectivity index (χ2n) is 6.87. The van der Waals surface area contributed by atoms with Gasteiger partial charge in [0.2, 0.25) is 0 Å². The highest BCUT2D eigenvalue weighted by molar-refractivity contribution is 14.1. The lowest BCUT2D eigenvalue weighted by atomic mass is 10.1. The predicted molar refractivity (Wildman–Crippen MR) is 136 cm³/mol. The van der Waals surface area contributed by atoms with Gasteiger partial charge in [0.1, 0.15) is 0 Å². The number of carbonyl (C=O) groups is 2. The number of rotatable bonds is 8. The summed E-state index contributed by atoms with van der Waals surface area (Å²) in [6.45, 7) is 4.12. The molecule has 2 N–H and O–H groups in total.